The molecule has 9 aromatic carbocycles. The first-order valence-corrected chi connectivity index (χ1v) is 44.5. The molecule has 0 aliphatic carbocycles. The van der Waals surface area contributed by atoms with Crippen molar-refractivity contribution in [2.75, 3.05) is 105 Å². The minimum Gasteiger partial charge on any atom is -0.457 e. The molecule has 11 aromatic rings. The van der Waals surface area contributed by atoms with Crippen molar-refractivity contribution in [3.63, 3.8) is 0 Å². The summed E-state index contributed by atoms with van der Waals surface area (Å²) < 4.78 is 30.0. The molecule has 0 bridgehead atoms. The van der Waals surface area contributed by atoms with Gasteiger partial charge in [-0.1, -0.05) is 180 Å². The molecule has 8 amide bonds. The Bertz CT molecular complexity index is 5490. The Morgan fingerprint density at radius 3 is 0.891 bits per heavy atom. The fraction of sp³-hybridized carbons (Fsp3) is 0.353. The van der Waals surface area contributed by atoms with E-state index in [0.29, 0.717) is 113 Å². The van der Waals surface area contributed by atoms with E-state index < -0.39 is 59.3 Å². The van der Waals surface area contributed by atoms with Crippen molar-refractivity contribution in [2.45, 2.75) is 130 Å². The number of imide groups is 2. The lowest BCUT2D eigenvalue weighted by Crippen LogP contribution is -2.59. The zero-order chi connectivity index (χ0) is 91.0. The van der Waals surface area contributed by atoms with E-state index in [0.717, 1.165) is 32.1 Å². The van der Waals surface area contributed by atoms with Crippen molar-refractivity contribution >= 4 is 114 Å². The summed E-state index contributed by atoms with van der Waals surface area (Å²) >= 11 is 11.6. The maximum atomic E-state index is 17.0. The summed E-state index contributed by atoms with van der Waals surface area (Å²) in [6.07, 6.45) is 6.27. The first-order valence-electron chi connectivity index (χ1n) is 43.7. The van der Waals surface area contributed by atoms with Gasteiger partial charge in [-0.25, -0.2) is 0 Å². The van der Waals surface area contributed by atoms with Crippen LogP contribution in [0.2, 0.25) is 0 Å². The van der Waals surface area contributed by atoms with E-state index in [1.807, 2.05) is 109 Å². The number of carbonyl (C=O) groups is 8. The quantitative estimate of drug-likeness (QED) is 0.0107. The van der Waals surface area contributed by atoms with Gasteiger partial charge in [-0.2, -0.15) is 0 Å². The maximum Gasteiger partial charge on any atom is 0.262 e. The highest BCUT2D eigenvalue weighted by Gasteiger charge is 2.48. The van der Waals surface area contributed by atoms with Gasteiger partial charge in [0.25, 0.3) is 35.4 Å². The monoisotopic (exact) mass is 1760 g/mol. The van der Waals surface area contributed by atoms with Gasteiger partial charge in [-0.15, -0.1) is 0 Å². The molecule has 2 atom stereocenters. The molecular weight excluding hydrogens is 1660 g/mol. The summed E-state index contributed by atoms with van der Waals surface area (Å²) in [5.74, 6) is -3.26. The van der Waals surface area contributed by atoms with Gasteiger partial charge in [-0.3, -0.25) is 67.9 Å². The number of benzene rings is 9. The number of hydrogen-bond acceptors (Lipinski definition) is 18. The summed E-state index contributed by atoms with van der Waals surface area (Å²) in [5.41, 5.74) is 4.00. The van der Waals surface area contributed by atoms with Gasteiger partial charge >= 0.3 is 0 Å². The highest BCUT2D eigenvalue weighted by atomic mass is 35.5. The van der Waals surface area contributed by atoms with Crippen LogP contribution in [0.5, 0.6) is 46.0 Å². The minimum atomic E-state index is -1.44. The van der Waals surface area contributed by atoms with Crippen molar-refractivity contribution in [2.24, 2.45) is 0 Å². The van der Waals surface area contributed by atoms with E-state index in [9.17, 15) is 9.59 Å². The Balaban J connectivity index is 0.970. The molecule has 664 valence electrons. The standard InChI is InChI=1S/C102H110Cl2N12O12/c1-61(103)91(117)109-39-37-105-41-43-111-45-49-113(50-46-111)97(123)77(53-63-17-15-35-107-59-63)115-93(119)73-55-79(125-69-27-19-65(20-28-69)99(3,4)5)85-87-81(127-71-31-23-67(24-32-71)101(9,10)11)57-75-84-76(96(122)116(95(75)121)78(54-64-18-16-36-108-60-64)98(124)114-51-47-112(48-52-114)44-42-106-38-40-110-92(118)62(2)104)58-82(128-72-33-25-68(26-34-72)102(12,13)14)88(90(84)87)86-80(56-74(94(115)120)83(73)89(85)86)126-70-29-21-66(22-30-70)100(6,7)8/h15-36,55-60,77-78,105-106H,1-2,37-54H2,3-14H3,(H,109,117)(H,110,118). The van der Waals surface area contributed by atoms with Crippen molar-refractivity contribution in [1.82, 2.24) is 60.6 Å². The number of nitrogens with one attached hydrogen (secondary N) is 4. The SMILES string of the molecule is C=C(Cl)C(=O)NCCNCCN1CCN(C(=O)C(Cc2cccnc2)N2C(=O)c3cc(Oc4ccc(C(C)(C)C)cc4)c4c5c(Oc6ccc(C(C)(C)C)cc6)cc6c7c(cc(Oc8ccc(C(C)(C)C)cc8)c(c8c(Oc9ccc(C(C)(C)C)cc9)cc(c3c48)C2=O)c75)C(=O)N(C(Cc2cccnc2)C(=O)N2CCN(CCNCCNC(=O)C(=C)Cl)CC2)C6=O)CC1. The van der Waals surface area contributed by atoms with Crippen LogP contribution in [0.3, 0.4) is 0 Å². The van der Waals surface area contributed by atoms with Gasteiger partial charge in [0.15, 0.2) is 0 Å². The summed E-state index contributed by atoms with van der Waals surface area (Å²) in [5, 5.41) is 14.0. The molecule has 4 N–H and O–H groups in total. The van der Waals surface area contributed by atoms with Gasteiger partial charge in [0, 0.05) is 185 Å². The smallest absolute Gasteiger partial charge is 0.262 e. The number of ether oxygens (including phenoxy) is 4. The number of fused-ring (bicyclic) bond motifs is 2. The molecule has 0 spiro atoms. The lowest BCUT2D eigenvalue weighted by Gasteiger charge is -2.40. The molecule has 24 nitrogen and oxygen atoms in total. The van der Waals surface area contributed by atoms with E-state index in [-0.39, 0.29) is 159 Å². The summed E-state index contributed by atoms with van der Waals surface area (Å²) in [6.45, 7) is 39.4. The fourth-order valence-electron chi connectivity index (χ4n) is 17.3. The summed E-state index contributed by atoms with van der Waals surface area (Å²) in [4.78, 5) is 143. The third-order valence-corrected chi connectivity index (χ3v) is 24.8. The summed E-state index contributed by atoms with van der Waals surface area (Å²) in [7, 11) is 0. The minimum absolute atomic E-state index is 0.00283. The van der Waals surface area contributed by atoms with Crippen LogP contribution >= 0.6 is 23.2 Å². The first kappa shape index (κ1) is 90.6. The number of rotatable bonds is 30. The second-order valence-electron chi connectivity index (χ2n) is 37.5. The number of nitrogens with zero attached hydrogens (tertiary/aromatic N) is 8. The van der Waals surface area contributed by atoms with Crippen molar-refractivity contribution in [3.05, 3.63) is 249 Å². The fourth-order valence-corrected chi connectivity index (χ4v) is 17.5. The number of halogens is 2. The lowest BCUT2D eigenvalue weighted by molar-refractivity contribution is -0.137. The topological polar surface area (TPSA) is 267 Å². The van der Waals surface area contributed by atoms with E-state index in [1.165, 1.54) is 0 Å². The van der Waals surface area contributed by atoms with E-state index in [1.54, 1.807) is 71.0 Å². The molecule has 0 saturated carbocycles. The Labute approximate surface area is 756 Å². The summed E-state index contributed by atoms with van der Waals surface area (Å²) in [6, 6.07) is 41.4. The van der Waals surface area contributed by atoms with Crippen LogP contribution in [0.4, 0.5) is 0 Å². The van der Waals surface area contributed by atoms with E-state index in [2.05, 4.69) is 137 Å². The molecule has 6 heterocycles. The van der Waals surface area contributed by atoms with Crippen LogP contribution < -0.4 is 40.2 Å². The molecule has 4 aliphatic rings. The number of aromatic nitrogens is 2. The van der Waals surface area contributed by atoms with Crippen LogP contribution in [-0.2, 0) is 53.7 Å². The Morgan fingerprint density at radius 2 is 0.648 bits per heavy atom. The van der Waals surface area contributed by atoms with Crippen LogP contribution in [-0.4, -0.2) is 203 Å². The number of carbonyl (C=O) groups excluding carboxylic acids is 8. The number of amides is 8. The van der Waals surface area contributed by atoms with Crippen molar-refractivity contribution in [1.29, 1.82) is 0 Å². The van der Waals surface area contributed by atoms with Crippen LogP contribution in [0, 0.1) is 0 Å². The molecule has 4 aliphatic heterocycles. The highest BCUT2D eigenvalue weighted by Crippen LogP contribution is 2.59. The molecule has 2 saturated heterocycles. The number of hydrogen-bond donors (Lipinski definition) is 4. The van der Waals surface area contributed by atoms with Gasteiger partial charge in [0.05, 0.1) is 32.3 Å². The van der Waals surface area contributed by atoms with Gasteiger partial charge in [0.2, 0.25) is 11.8 Å². The number of pyridine rings is 2. The largest absolute Gasteiger partial charge is 0.457 e. The number of piperazine rings is 2. The zero-order valence-electron chi connectivity index (χ0n) is 74.7. The predicted octanol–water partition coefficient (Wildman–Crippen LogP) is 16.5. The second kappa shape index (κ2) is 37.3. The van der Waals surface area contributed by atoms with Gasteiger partial charge in [-0.05, 0) is 140 Å². The molecule has 2 aromatic heterocycles. The third kappa shape index (κ3) is 19.3. The molecule has 128 heavy (non-hydrogen) atoms. The highest BCUT2D eigenvalue weighted by molar-refractivity contribution is 6.45. The van der Waals surface area contributed by atoms with E-state index in [4.69, 9.17) is 42.1 Å². The Hall–Kier alpha value is -12.2. The average Bonchev–Trinajstić information content (AvgIpc) is 0.668. The second-order valence-corrected chi connectivity index (χ2v) is 38.4. The maximum absolute atomic E-state index is 17.0. The first-order chi connectivity index (χ1) is 61.0. The third-order valence-electron chi connectivity index (χ3n) is 24.5. The van der Waals surface area contributed by atoms with Gasteiger partial charge in [0.1, 0.15) is 58.1 Å². The Kier molecular flexibility index (Phi) is 26.4. The molecular formula is C102H110Cl2N12O12. The average molecular weight is 1770 g/mol. The van der Waals surface area contributed by atoms with Crippen LogP contribution in [0.25, 0.3) is 43.1 Å². The van der Waals surface area contributed by atoms with E-state index >= 15 is 28.8 Å². The predicted molar refractivity (Wildman–Crippen MR) is 501 cm³/mol. The van der Waals surface area contributed by atoms with Crippen molar-refractivity contribution < 1.29 is 57.3 Å². The van der Waals surface area contributed by atoms with Gasteiger partial charge < -0.3 is 50.0 Å². The molecule has 2 unspecified atom stereocenters. The zero-order valence-corrected chi connectivity index (χ0v) is 76.2. The van der Waals surface area contributed by atoms with Crippen LogP contribution in [0.1, 0.15) is 158 Å². The lowest BCUT2D eigenvalue weighted by atomic mass is 9.80. The molecule has 0 radical (unpaired) electrons. The van der Waals surface area contributed by atoms with Crippen molar-refractivity contribution in [3.8, 4) is 46.0 Å². The molecule has 15 rings (SSSR count). The molecule has 2 fully saturated rings. The molecule has 26 heteroatoms. The Morgan fingerprint density at radius 1 is 0.375 bits per heavy atom. The normalized spacial score (nSPS) is 15.3. The van der Waals surface area contributed by atoms with Crippen LogP contribution in [0.15, 0.2) is 194 Å².